The lowest BCUT2D eigenvalue weighted by Gasteiger charge is -2.28. The zero-order valence-electron chi connectivity index (χ0n) is 15.0. The van der Waals surface area contributed by atoms with Crippen LogP contribution in [-0.2, 0) is 9.53 Å². The first-order valence-corrected chi connectivity index (χ1v) is 9.60. The number of hydrogen-bond acceptors (Lipinski definition) is 7. The normalized spacial score (nSPS) is 15.5. The summed E-state index contributed by atoms with van der Waals surface area (Å²) in [5, 5.41) is 14.8. The minimum atomic E-state index is -0.819. The van der Waals surface area contributed by atoms with Gasteiger partial charge in [0.2, 0.25) is 5.95 Å². The number of rotatable bonds is 4. The van der Waals surface area contributed by atoms with Crippen molar-refractivity contribution >= 4 is 45.2 Å². The summed E-state index contributed by atoms with van der Waals surface area (Å²) >= 11 is 9.78. The van der Waals surface area contributed by atoms with E-state index < -0.39 is 12.0 Å². The Bertz CT molecular complexity index is 1140. The van der Waals surface area contributed by atoms with E-state index in [0.717, 1.165) is 4.47 Å². The lowest BCUT2D eigenvalue weighted by atomic mass is 9.89. The highest BCUT2D eigenvalue weighted by atomic mass is 79.9. The second kappa shape index (κ2) is 7.76. The van der Waals surface area contributed by atoms with Crippen LogP contribution in [-0.4, -0.2) is 39.1 Å². The largest absolute Gasteiger partial charge is 0.464 e. The van der Waals surface area contributed by atoms with Crippen LogP contribution in [0.2, 0.25) is 5.02 Å². The number of aromatic nitrogens is 4. The average molecular weight is 475 g/mol. The van der Waals surface area contributed by atoms with Gasteiger partial charge >= 0.3 is 5.97 Å². The average Bonchev–Trinajstić information content (AvgIpc) is 3.21. The Morgan fingerprint density at radius 2 is 1.90 bits per heavy atom. The fourth-order valence-electron chi connectivity index (χ4n) is 3.13. The Kier molecular flexibility index (Phi) is 5.16. The third kappa shape index (κ3) is 3.43. The molecule has 0 aliphatic carbocycles. The van der Waals surface area contributed by atoms with Crippen molar-refractivity contribution in [3.05, 3.63) is 80.4 Å². The first-order chi connectivity index (χ1) is 14.0. The Hall–Kier alpha value is -3.04. The highest BCUT2D eigenvalue weighted by Gasteiger charge is 2.39. The summed E-state index contributed by atoms with van der Waals surface area (Å²) in [5.74, 6) is -0.893. The van der Waals surface area contributed by atoms with E-state index in [-0.39, 0.29) is 23.0 Å². The maximum atomic E-state index is 13.5. The predicted molar refractivity (Wildman–Crippen MR) is 109 cm³/mol. The van der Waals surface area contributed by atoms with E-state index in [1.165, 1.54) is 11.8 Å². The van der Waals surface area contributed by atoms with Gasteiger partial charge in [-0.15, -0.1) is 0 Å². The fourth-order valence-corrected chi connectivity index (χ4v) is 3.63. The molecular formula is C19H13BrClN5O3. The number of ketones is 1. The first-order valence-electron chi connectivity index (χ1n) is 8.43. The number of tetrazole rings is 1. The van der Waals surface area contributed by atoms with Crippen molar-refractivity contribution in [3.63, 3.8) is 0 Å². The molecule has 3 aromatic rings. The Balaban J connectivity index is 1.97. The predicted octanol–water partition coefficient (Wildman–Crippen LogP) is 3.41. The van der Waals surface area contributed by atoms with Gasteiger partial charge in [-0.25, -0.2) is 4.79 Å². The molecule has 1 aliphatic heterocycles. The van der Waals surface area contributed by atoms with Crippen LogP contribution in [0.5, 0.6) is 0 Å². The fraction of sp³-hybridized carbons (Fsp3) is 0.105. The summed E-state index contributed by atoms with van der Waals surface area (Å²) < 4.78 is 7.14. The molecule has 1 atom stereocenters. The molecule has 1 N–H and O–H groups in total. The Labute approximate surface area is 178 Å². The van der Waals surface area contributed by atoms with Crippen molar-refractivity contribution in [1.29, 1.82) is 0 Å². The van der Waals surface area contributed by atoms with Crippen molar-refractivity contribution in [2.75, 3.05) is 12.4 Å². The van der Waals surface area contributed by atoms with Gasteiger partial charge in [-0.3, -0.25) is 4.79 Å². The molecular weight excluding hydrogens is 462 g/mol. The van der Waals surface area contributed by atoms with Crippen molar-refractivity contribution in [2.45, 2.75) is 6.04 Å². The summed E-state index contributed by atoms with van der Waals surface area (Å²) in [5.41, 5.74) is 1.06. The van der Waals surface area contributed by atoms with Crippen LogP contribution >= 0.6 is 27.5 Å². The van der Waals surface area contributed by atoms with Crippen LogP contribution in [0.15, 0.2) is 64.3 Å². The van der Waals surface area contributed by atoms with E-state index in [1.54, 1.807) is 48.5 Å². The monoisotopic (exact) mass is 473 g/mol. The van der Waals surface area contributed by atoms with E-state index in [0.29, 0.717) is 16.1 Å². The van der Waals surface area contributed by atoms with E-state index in [9.17, 15) is 9.59 Å². The molecule has 146 valence electrons. The number of methoxy groups -OCH3 is 1. The number of nitrogens with zero attached hydrogens (tertiary/aromatic N) is 4. The molecule has 29 heavy (non-hydrogen) atoms. The van der Waals surface area contributed by atoms with Crippen LogP contribution in [0.1, 0.15) is 22.0 Å². The number of benzene rings is 2. The molecule has 0 amide bonds. The third-order valence-corrected chi connectivity index (χ3v) is 5.33. The molecule has 0 saturated heterocycles. The molecule has 8 nitrogen and oxygen atoms in total. The van der Waals surface area contributed by atoms with Crippen LogP contribution in [0.4, 0.5) is 5.95 Å². The summed E-state index contributed by atoms with van der Waals surface area (Å²) in [4.78, 5) is 26.1. The molecule has 2 heterocycles. The maximum Gasteiger partial charge on any atom is 0.355 e. The third-order valence-electron chi connectivity index (χ3n) is 4.46. The zero-order valence-corrected chi connectivity index (χ0v) is 17.3. The molecule has 0 radical (unpaired) electrons. The Morgan fingerprint density at radius 1 is 1.17 bits per heavy atom. The molecule has 0 unspecified atom stereocenters. The molecule has 1 aromatic heterocycles. The van der Waals surface area contributed by atoms with Gasteiger partial charge in [0.25, 0.3) is 0 Å². The van der Waals surface area contributed by atoms with E-state index in [1.807, 2.05) is 0 Å². The maximum absolute atomic E-state index is 13.5. The second-order valence-corrected chi connectivity index (χ2v) is 7.44. The highest BCUT2D eigenvalue weighted by molar-refractivity contribution is 9.10. The number of ether oxygens (including phenoxy) is 1. The summed E-state index contributed by atoms with van der Waals surface area (Å²) in [7, 11) is 1.24. The number of carbonyl (C=O) groups excluding carboxylic acids is 2. The quantitative estimate of drug-likeness (QED) is 0.457. The number of hydrogen-bond donors (Lipinski definition) is 1. The van der Waals surface area contributed by atoms with Gasteiger partial charge in [-0.2, -0.15) is 4.68 Å². The first kappa shape index (κ1) is 19.3. The lowest BCUT2D eigenvalue weighted by molar-refractivity contribution is -0.136. The molecule has 0 fully saturated rings. The molecule has 10 heteroatoms. The van der Waals surface area contributed by atoms with Gasteiger partial charge in [0.1, 0.15) is 11.7 Å². The number of fused-ring (bicyclic) bond motifs is 1. The van der Waals surface area contributed by atoms with Gasteiger partial charge in [0.05, 0.1) is 12.7 Å². The number of carbonyl (C=O) groups is 2. The minimum Gasteiger partial charge on any atom is -0.464 e. The van der Waals surface area contributed by atoms with Crippen molar-refractivity contribution in [3.8, 4) is 0 Å². The van der Waals surface area contributed by atoms with Crippen molar-refractivity contribution in [2.24, 2.45) is 0 Å². The molecule has 4 rings (SSSR count). The number of halogens is 2. The van der Waals surface area contributed by atoms with Crippen LogP contribution < -0.4 is 5.32 Å². The van der Waals surface area contributed by atoms with Crippen LogP contribution in [0.3, 0.4) is 0 Å². The van der Waals surface area contributed by atoms with Crippen LogP contribution in [0, 0.1) is 0 Å². The van der Waals surface area contributed by atoms with Gasteiger partial charge in [0.15, 0.2) is 5.78 Å². The standard InChI is InChI=1S/C19H13BrClN5O3/c1-29-18(28)15-14(17(27)10-6-8-11(20)9-7-10)16(12-4-2-3-5-13(12)21)26-19(22-15)23-24-25-26/h2-9,16H,1H3,(H,22,23,25)/t16-/m1/s1. The smallest absolute Gasteiger partial charge is 0.355 e. The molecule has 2 aromatic carbocycles. The minimum absolute atomic E-state index is 0.0346. The topological polar surface area (TPSA) is 99.0 Å². The highest BCUT2D eigenvalue weighted by Crippen LogP contribution is 2.39. The number of esters is 1. The van der Waals surface area contributed by atoms with E-state index >= 15 is 0 Å². The van der Waals surface area contributed by atoms with E-state index in [2.05, 4.69) is 36.8 Å². The second-order valence-electron chi connectivity index (χ2n) is 6.11. The number of anilines is 1. The SMILES string of the molecule is COC(=O)C1=C(C(=O)c2ccc(Br)cc2)[C@@H](c2ccccc2Cl)n2nnnc2N1. The molecule has 1 aliphatic rings. The molecule has 0 spiro atoms. The number of nitrogens with one attached hydrogen (secondary N) is 1. The van der Waals surface area contributed by atoms with Crippen molar-refractivity contribution < 1.29 is 14.3 Å². The van der Waals surface area contributed by atoms with Gasteiger partial charge < -0.3 is 10.1 Å². The number of allylic oxidation sites excluding steroid dienone is 1. The zero-order chi connectivity index (χ0) is 20.5. The number of Topliss-reactive ketones (excluding diaryl/α,β-unsaturated/α-hetero) is 1. The van der Waals surface area contributed by atoms with Gasteiger partial charge in [-0.1, -0.05) is 50.8 Å². The lowest BCUT2D eigenvalue weighted by Crippen LogP contribution is -2.33. The van der Waals surface area contributed by atoms with Gasteiger partial charge in [0, 0.05) is 20.6 Å². The summed E-state index contributed by atoms with van der Waals surface area (Å²) in [6.45, 7) is 0. The molecule has 0 saturated carbocycles. The van der Waals surface area contributed by atoms with Gasteiger partial charge in [-0.05, 0) is 40.8 Å². The Morgan fingerprint density at radius 3 is 2.59 bits per heavy atom. The van der Waals surface area contributed by atoms with E-state index in [4.69, 9.17) is 16.3 Å². The molecule has 0 bridgehead atoms. The summed E-state index contributed by atoms with van der Waals surface area (Å²) in [6, 6.07) is 13.0. The van der Waals surface area contributed by atoms with Crippen LogP contribution in [0.25, 0.3) is 0 Å². The van der Waals surface area contributed by atoms with Crippen molar-refractivity contribution in [1.82, 2.24) is 20.2 Å². The summed E-state index contributed by atoms with van der Waals surface area (Å²) in [6.07, 6.45) is 0.